The van der Waals surface area contributed by atoms with E-state index in [0.29, 0.717) is 11.6 Å². The van der Waals surface area contributed by atoms with E-state index in [4.69, 9.17) is 16.3 Å². The summed E-state index contributed by atoms with van der Waals surface area (Å²) in [7, 11) is 0. The molecule has 15 heavy (non-hydrogen) atoms. The molecule has 0 N–H and O–H groups in total. The Kier molecular flexibility index (Phi) is 9.83. The van der Waals surface area contributed by atoms with Crippen molar-refractivity contribution >= 4 is 40.6 Å². The molecular formula is C8H10BrClMgN2O2. The number of carbonyl (C=O) groups excluding carboxylic acids is 1. The fraction of sp³-hybridized carbons (Fsp3) is 0.500. The maximum Gasteiger partial charge on any atom is 2.00 e. The third-order valence-electron chi connectivity index (χ3n) is 1.56. The number of carbonyl (C=O) groups is 1. The predicted octanol–water partition coefficient (Wildman–Crippen LogP) is -2.17. The molecule has 0 saturated carbocycles. The van der Waals surface area contributed by atoms with Crippen molar-refractivity contribution in [1.82, 2.24) is 9.78 Å². The quantitative estimate of drug-likeness (QED) is 0.363. The van der Waals surface area contributed by atoms with Crippen molar-refractivity contribution in [2.24, 2.45) is 0 Å². The number of ether oxygens (including phenoxy) is 1. The summed E-state index contributed by atoms with van der Waals surface area (Å²) in [5.41, 5.74) is 0.717. The molecule has 7 heteroatoms. The smallest absolute Gasteiger partial charge is 1.00 e. The van der Waals surface area contributed by atoms with E-state index in [-0.39, 0.29) is 52.5 Å². The van der Waals surface area contributed by atoms with Gasteiger partial charge < -0.3 is 31.5 Å². The molecule has 0 aromatic carbocycles. The molecule has 1 aromatic heterocycles. The van der Waals surface area contributed by atoms with Gasteiger partial charge in [0.05, 0.1) is 6.61 Å². The third kappa shape index (κ3) is 5.19. The van der Waals surface area contributed by atoms with E-state index in [2.05, 4.69) is 11.3 Å². The van der Waals surface area contributed by atoms with Crippen molar-refractivity contribution < 1.29 is 26.5 Å². The van der Waals surface area contributed by atoms with Crippen LogP contribution in [0.1, 0.15) is 12.6 Å². The largest absolute Gasteiger partial charge is 2.00 e. The first-order chi connectivity index (χ1) is 6.15. The topological polar surface area (TPSA) is 44.1 Å². The Morgan fingerprint density at radius 3 is 2.67 bits per heavy atom. The average Bonchev–Trinajstić information content (AvgIpc) is 2.37. The number of aromatic nitrogens is 2. The van der Waals surface area contributed by atoms with Gasteiger partial charge in [-0.25, -0.2) is 0 Å². The summed E-state index contributed by atoms with van der Waals surface area (Å²) in [6.07, 6.45) is 2.55. The molecule has 80 valence electrons. The molecule has 0 spiro atoms. The maximum absolute atomic E-state index is 11.0. The summed E-state index contributed by atoms with van der Waals surface area (Å²) < 4.78 is 6.21. The van der Waals surface area contributed by atoms with Crippen LogP contribution in [0.2, 0.25) is 5.02 Å². The zero-order valence-electron chi connectivity index (χ0n) is 8.59. The van der Waals surface area contributed by atoms with E-state index in [1.165, 1.54) is 4.68 Å². The van der Waals surface area contributed by atoms with Crippen LogP contribution in [0.3, 0.4) is 0 Å². The van der Waals surface area contributed by atoms with Gasteiger partial charge in [0.1, 0.15) is 6.54 Å². The number of rotatable bonds is 3. The van der Waals surface area contributed by atoms with Crippen molar-refractivity contribution in [3.63, 3.8) is 0 Å². The van der Waals surface area contributed by atoms with Crippen LogP contribution >= 0.6 is 11.6 Å². The number of nitrogens with zero attached hydrogens (tertiary/aromatic N) is 2. The van der Waals surface area contributed by atoms with E-state index >= 15 is 0 Å². The Morgan fingerprint density at radius 2 is 2.27 bits per heavy atom. The standard InChI is InChI=1S/C8H10ClN2O2.BrH.Mg/c1-3-13-8(12)5-11-6(2)7(9)4-10-11;;/h3,5H2,1-2H3;1H;/q-1;;+2/p-1. The average molecular weight is 306 g/mol. The van der Waals surface area contributed by atoms with E-state index in [0.717, 1.165) is 5.69 Å². The molecule has 4 nitrogen and oxygen atoms in total. The Labute approximate surface area is 120 Å². The van der Waals surface area contributed by atoms with E-state index in [9.17, 15) is 4.79 Å². The molecule has 0 atom stereocenters. The van der Waals surface area contributed by atoms with Crippen LogP contribution in [0.5, 0.6) is 0 Å². The second kappa shape index (κ2) is 8.38. The first kappa shape index (κ1) is 17.6. The van der Waals surface area contributed by atoms with Crippen molar-refractivity contribution in [3.8, 4) is 0 Å². The first-order valence-electron chi connectivity index (χ1n) is 3.91. The van der Waals surface area contributed by atoms with Crippen molar-refractivity contribution in [2.45, 2.75) is 20.4 Å². The summed E-state index contributed by atoms with van der Waals surface area (Å²) in [5.74, 6) is -0.321. The molecule has 0 aliphatic heterocycles. The van der Waals surface area contributed by atoms with Gasteiger partial charge in [0.2, 0.25) is 0 Å². The number of esters is 1. The maximum atomic E-state index is 11.0. The van der Waals surface area contributed by atoms with Crippen LogP contribution in [0, 0.1) is 13.1 Å². The fourth-order valence-electron chi connectivity index (χ4n) is 0.856. The summed E-state index contributed by atoms with van der Waals surface area (Å²) in [6.45, 7) is 3.98. The Morgan fingerprint density at radius 1 is 1.67 bits per heavy atom. The Balaban J connectivity index is 0. The molecule has 1 rings (SSSR count). The third-order valence-corrected chi connectivity index (χ3v) is 1.92. The molecule has 0 unspecified atom stereocenters. The van der Waals surface area contributed by atoms with Crippen molar-refractivity contribution in [1.29, 1.82) is 0 Å². The Hall–Kier alpha value is 0.216. The molecule has 0 saturated heterocycles. The van der Waals surface area contributed by atoms with Crippen LogP contribution < -0.4 is 17.0 Å². The summed E-state index contributed by atoms with van der Waals surface area (Å²) in [6, 6.07) is 0. The normalized spacial score (nSPS) is 8.73. The predicted molar refractivity (Wildman–Crippen MR) is 53.2 cm³/mol. The van der Waals surface area contributed by atoms with E-state index in [1.807, 2.05) is 0 Å². The summed E-state index contributed by atoms with van der Waals surface area (Å²) in [4.78, 5) is 11.0. The van der Waals surface area contributed by atoms with Gasteiger partial charge in [-0.2, -0.15) is 0 Å². The van der Waals surface area contributed by atoms with Gasteiger partial charge >= 0.3 is 29.0 Å². The van der Waals surface area contributed by atoms with Crippen LogP contribution in [0.15, 0.2) is 0 Å². The second-order valence-electron chi connectivity index (χ2n) is 2.47. The van der Waals surface area contributed by atoms with Gasteiger partial charge in [0.15, 0.2) is 0 Å². The molecule has 1 aromatic rings. The molecule has 0 aliphatic carbocycles. The fourth-order valence-corrected chi connectivity index (χ4v) is 0.992. The SMILES string of the molecule is CCOC(=O)Cn1n[c-]c(Cl)c1C.[Br-].[Mg+2]. The minimum Gasteiger partial charge on any atom is -1.00 e. The monoisotopic (exact) mass is 304 g/mol. The molecule has 1 heterocycles. The van der Waals surface area contributed by atoms with Crippen molar-refractivity contribution in [2.75, 3.05) is 6.61 Å². The van der Waals surface area contributed by atoms with Gasteiger partial charge in [0.25, 0.3) is 0 Å². The molecular weight excluding hydrogens is 296 g/mol. The van der Waals surface area contributed by atoms with Crippen LogP contribution in [-0.4, -0.2) is 45.4 Å². The zero-order chi connectivity index (χ0) is 9.84. The van der Waals surface area contributed by atoms with Gasteiger partial charge in [-0.1, -0.05) is 17.6 Å². The summed E-state index contributed by atoms with van der Waals surface area (Å²) in [5, 5.41) is 4.23. The van der Waals surface area contributed by atoms with Gasteiger partial charge in [-0.15, -0.1) is 17.8 Å². The molecule has 0 radical (unpaired) electrons. The molecule has 0 aliphatic rings. The molecule has 0 amide bonds. The van der Waals surface area contributed by atoms with Crippen LogP contribution in [-0.2, 0) is 16.1 Å². The van der Waals surface area contributed by atoms with Crippen LogP contribution in [0.25, 0.3) is 0 Å². The molecule has 0 bridgehead atoms. The van der Waals surface area contributed by atoms with Crippen molar-refractivity contribution in [3.05, 3.63) is 16.9 Å². The number of halogens is 2. The van der Waals surface area contributed by atoms with Gasteiger partial charge in [-0.05, 0) is 6.92 Å². The van der Waals surface area contributed by atoms with Gasteiger partial charge in [-0.3, -0.25) is 4.79 Å². The van der Waals surface area contributed by atoms with E-state index in [1.54, 1.807) is 13.8 Å². The minimum atomic E-state index is -0.321. The molecule has 0 fully saturated rings. The minimum absolute atomic E-state index is 0. The first-order valence-corrected chi connectivity index (χ1v) is 4.29. The zero-order valence-corrected chi connectivity index (χ0v) is 12.3. The second-order valence-corrected chi connectivity index (χ2v) is 2.85. The van der Waals surface area contributed by atoms with Crippen LogP contribution in [0.4, 0.5) is 0 Å². The Bertz CT molecular complexity index is 320. The summed E-state index contributed by atoms with van der Waals surface area (Å²) >= 11 is 5.70. The number of hydrogen-bond acceptors (Lipinski definition) is 3. The van der Waals surface area contributed by atoms with Gasteiger partial charge in [0, 0.05) is 0 Å². The number of hydrogen-bond donors (Lipinski definition) is 0. The van der Waals surface area contributed by atoms with E-state index < -0.39 is 0 Å².